The highest BCUT2D eigenvalue weighted by atomic mass is 35.5. The Kier molecular flexibility index (Phi) is 5.58. The number of thiocarbonyl (C=S) groups is 1. The lowest BCUT2D eigenvalue weighted by atomic mass is 10.2. The molecular formula is C18H16Cl2N4S. The molecule has 0 saturated carbocycles. The molecule has 1 heterocycles. The molecule has 0 amide bonds. The van der Waals surface area contributed by atoms with Crippen molar-refractivity contribution < 1.29 is 0 Å². The van der Waals surface area contributed by atoms with Crippen molar-refractivity contribution in [1.82, 2.24) is 9.78 Å². The number of rotatable bonds is 4. The number of nitrogens with one attached hydrogen (secondary N) is 2. The third kappa shape index (κ3) is 4.72. The molecule has 0 bridgehead atoms. The van der Waals surface area contributed by atoms with Crippen LogP contribution < -0.4 is 10.6 Å². The van der Waals surface area contributed by atoms with Gasteiger partial charge in [-0.2, -0.15) is 5.10 Å². The molecule has 0 atom stereocenters. The lowest BCUT2D eigenvalue weighted by Gasteiger charge is -2.11. The van der Waals surface area contributed by atoms with E-state index in [2.05, 4.69) is 15.7 Å². The summed E-state index contributed by atoms with van der Waals surface area (Å²) in [6, 6.07) is 15.5. The monoisotopic (exact) mass is 390 g/mol. The minimum atomic E-state index is 0.438. The maximum Gasteiger partial charge on any atom is 0.176 e. The minimum Gasteiger partial charge on any atom is -0.332 e. The summed E-state index contributed by atoms with van der Waals surface area (Å²) < 4.78 is 1.75. The van der Waals surface area contributed by atoms with Gasteiger partial charge in [0.05, 0.1) is 6.54 Å². The lowest BCUT2D eigenvalue weighted by Crippen LogP contribution is -2.20. The number of halogens is 2. The van der Waals surface area contributed by atoms with Gasteiger partial charge in [0.25, 0.3) is 0 Å². The maximum absolute atomic E-state index is 6.26. The summed E-state index contributed by atoms with van der Waals surface area (Å²) in [5, 5.41) is 12.3. The number of aryl methyl sites for hydroxylation is 1. The largest absolute Gasteiger partial charge is 0.332 e. The third-order valence-corrected chi connectivity index (χ3v) is 4.33. The molecule has 0 fully saturated rings. The van der Waals surface area contributed by atoms with Crippen LogP contribution in [0.15, 0.2) is 54.7 Å². The van der Waals surface area contributed by atoms with Crippen molar-refractivity contribution in [3.05, 3.63) is 75.9 Å². The average Bonchev–Trinajstić information content (AvgIpc) is 2.91. The summed E-state index contributed by atoms with van der Waals surface area (Å²) in [4.78, 5) is 0. The number of hydrogen-bond donors (Lipinski definition) is 2. The van der Waals surface area contributed by atoms with Crippen LogP contribution in [-0.2, 0) is 6.54 Å². The van der Waals surface area contributed by atoms with E-state index in [1.54, 1.807) is 10.9 Å². The summed E-state index contributed by atoms with van der Waals surface area (Å²) in [6.07, 6.45) is 1.76. The molecule has 0 saturated heterocycles. The number of anilines is 2. The Hall–Kier alpha value is -2.08. The minimum absolute atomic E-state index is 0.438. The zero-order chi connectivity index (χ0) is 17.8. The molecule has 25 heavy (non-hydrogen) atoms. The fourth-order valence-electron chi connectivity index (χ4n) is 2.31. The van der Waals surface area contributed by atoms with Gasteiger partial charge >= 0.3 is 0 Å². The second kappa shape index (κ2) is 7.87. The molecule has 0 aliphatic heterocycles. The predicted octanol–water partition coefficient (Wildman–Crippen LogP) is 5.36. The van der Waals surface area contributed by atoms with Crippen LogP contribution in [-0.4, -0.2) is 14.9 Å². The zero-order valence-electron chi connectivity index (χ0n) is 13.5. The number of aromatic nitrogens is 2. The predicted molar refractivity (Wildman–Crippen MR) is 109 cm³/mol. The molecule has 128 valence electrons. The van der Waals surface area contributed by atoms with Gasteiger partial charge in [-0.1, -0.05) is 53.5 Å². The summed E-state index contributed by atoms with van der Waals surface area (Å²) in [5.74, 6) is 0.515. The molecule has 0 aliphatic carbocycles. The van der Waals surface area contributed by atoms with Crippen LogP contribution in [0.5, 0.6) is 0 Å². The van der Waals surface area contributed by atoms with Gasteiger partial charge in [-0.3, -0.25) is 4.68 Å². The molecule has 0 radical (unpaired) electrons. The molecule has 4 nitrogen and oxygen atoms in total. The van der Waals surface area contributed by atoms with Gasteiger partial charge < -0.3 is 10.6 Å². The van der Waals surface area contributed by atoms with Crippen LogP contribution in [0.2, 0.25) is 10.0 Å². The quantitative estimate of drug-likeness (QED) is 0.588. The molecule has 2 N–H and O–H groups in total. The smallest absolute Gasteiger partial charge is 0.176 e. The van der Waals surface area contributed by atoms with Gasteiger partial charge in [0.2, 0.25) is 0 Å². The van der Waals surface area contributed by atoms with E-state index in [0.29, 0.717) is 27.5 Å². The molecular weight excluding hydrogens is 375 g/mol. The van der Waals surface area contributed by atoms with Gasteiger partial charge in [0.15, 0.2) is 10.9 Å². The first kappa shape index (κ1) is 17.7. The Bertz CT molecular complexity index is 890. The Balaban J connectivity index is 1.67. The SMILES string of the molecule is Cc1ccccc1NC(=S)Nc1nn(Cc2ccc(Cl)cc2)cc1Cl. The Morgan fingerprint density at radius 2 is 1.80 bits per heavy atom. The van der Waals surface area contributed by atoms with Crippen molar-refractivity contribution in [1.29, 1.82) is 0 Å². The van der Waals surface area contributed by atoms with Crippen molar-refractivity contribution in [2.45, 2.75) is 13.5 Å². The fraction of sp³-hybridized carbons (Fsp3) is 0.111. The number of hydrogen-bond acceptors (Lipinski definition) is 2. The van der Waals surface area contributed by atoms with E-state index in [1.807, 2.05) is 55.5 Å². The molecule has 2 aromatic carbocycles. The number of para-hydroxylation sites is 1. The second-order valence-corrected chi connectivity index (χ2v) is 6.80. The molecule has 3 aromatic rings. The molecule has 0 unspecified atom stereocenters. The summed E-state index contributed by atoms with van der Waals surface area (Å²) in [5.41, 5.74) is 3.12. The third-order valence-electron chi connectivity index (χ3n) is 3.60. The number of benzene rings is 2. The lowest BCUT2D eigenvalue weighted by molar-refractivity contribution is 0.690. The number of nitrogens with zero attached hydrogens (tertiary/aromatic N) is 2. The van der Waals surface area contributed by atoms with E-state index in [9.17, 15) is 0 Å². The van der Waals surface area contributed by atoms with E-state index < -0.39 is 0 Å². The van der Waals surface area contributed by atoms with Crippen LogP contribution in [0.25, 0.3) is 0 Å². The summed E-state index contributed by atoms with van der Waals surface area (Å²) in [6.45, 7) is 2.61. The highest BCUT2D eigenvalue weighted by molar-refractivity contribution is 7.80. The van der Waals surface area contributed by atoms with Crippen LogP contribution in [0.1, 0.15) is 11.1 Å². The zero-order valence-corrected chi connectivity index (χ0v) is 15.8. The van der Waals surface area contributed by atoms with Gasteiger partial charge in [0, 0.05) is 16.9 Å². The van der Waals surface area contributed by atoms with Gasteiger partial charge in [-0.05, 0) is 48.5 Å². The molecule has 0 aliphatic rings. The van der Waals surface area contributed by atoms with Crippen molar-refractivity contribution >= 4 is 52.0 Å². The second-order valence-electron chi connectivity index (χ2n) is 5.54. The summed E-state index contributed by atoms with van der Waals surface area (Å²) in [7, 11) is 0. The maximum atomic E-state index is 6.26. The van der Waals surface area contributed by atoms with Gasteiger partial charge in [-0.25, -0.2) is 0 Å². The van der Waals surface area contributed by atoms with Crippen LogP contribution >= 0.6 is 35.4 Å². The fourth-order valence-corrected chi connectivity index (χ4v) is 2.84. The summed E-state index contributed by atoms with van der Waals surface area (Å²) >= 11 is 17.5. The van der Waals surface area contributed by atoms with E-state index in [-0.39, 0.29) is 0 Å². The standard InChI is InChI=1S/C18H16Cl2N4S/c1-12-4-2-3-5-16(12)21-18(25)22-17-15(20)11-24(23-17)10-13-6-8-14(19)9-7-13/h2-9,11H,10H2,1H3,(H2,21,22,23,25). The first-order chi connectivity index (χ1) is 12.0. The van der Waals surface area contributed by atoms with E-state index >= 15 is 0 Å². The van der Waals surface area contributed by atoms with Crippen LogP contribution in [0, 0.1) is 6.92 Å². The van der Waals surface area contributed by atoms with Crippen molar-refractivity contribution in [2.75, 3.05) is 10.6 Å². The van der Waals surface area contributed by atoms with Gasteiger partial charge in [-0.15, -0.1) is 0 Å². The Morgan fingerprint density at radius 3 is 2.52 bits per heavy atom. The average molecular weight is 391 g/mol. The van der Waals surface area contributed by atoms with Crippen molar-refractivity contribution in [3.63, 3.8) is 0 Å². The molecule has 1 aromatic heterocycles. The van der Waals surface area contributed by atoms with Crippen molar-refractivity contribution in [3.8, 4) is 0 Å². The first-order valence-corrected chi connectivity index (χ1v) is 8.79. The molecule has 7 heteroatoms. The van der Waals surface area contributed by atoms with Crippen LogP contribution in [0.4, 0.5) is 11.5 Å². The molecule has 0 spiro atoms. The van der Waals surface area contributed by atoms with Gasteiger partial charge in [0.1, 0.15) is 5.02 Å². The Morgan fingerprint density at radius 1 is 1.08 bits per heavy atom. The first-order valence-electron chi connectivity index (χ1n) is 7.62. The topological polar surface area (TPSA) is 41.9 Å². The van der Waals surface area contributed by atoms with E-state index in [0.717, 1.165) is 16.8 Å². The van der Waals surface area contributed by atoms with Crippen molar-refractivity contribution in [2.24, 2.45) is 0 Å². The Labute approximate surface area is 161 Å². The van der Waals surface area contributed by atoms with Crippen LogP contribution in [0.3, 0.4) is 0 Å². The highest BCUT2D eigenvalue weighted by Gasteiger charge is 2.10. The molecule has 3 rings (SSSR count). The normalized spacial score (nSPS) is 10.5. The van der Waals surface area contributed by atoms with E-state index in [4.69, 9.17) is 35.4 Å². The van der Waals surface area contributed by atoms with E-state index in [1.165, 1.54) is 0 Å². The highest BCUT2D eigenvalue weighted by Crippen LogP contribution is 2.21.